The Morgan fingerprint density at radius 1 is 1.09 bits per heavy atom. The fourth-order valence-electron chi connectivity index (χ4n) is 3.86. The van der Waals surface area contributed by atoms with Crippen molar-refractivity contribution < 1.29 is 23.9 Å². The second kappa shape index (κ2) is 10.1. The molecule has 1 aliphatic rings. The third-order valence-electron chi connectivity index (χ3n) is 5.69. The number of rotatable bonds is 7. The lowest BCUT2D eigenvalue weighted by Gasteiger charge is -2.12. The molecule has 3 amide bonds. The van der Waals surface area contributed by atoms with Gasteiger partial charge >= 0.3 is 12.0 Å². The zero-order valence-corrected chi connectivity index (χ0v) is 20.3. The van der Waals surface area contributed by atoms with Crippen LogP contribution in [0.3, 0.4) is 0 Å². The number of ether oxygens (including phenoxy) is 2. The van der Waals surface area contributed by atoms with Crippen LogP contribution in [-0.4, -0.2) is 41.0 Å². The fourth-order valence-corrected chi connectivity index (χ4v) is 4.05. The van der Waals surface area contributed by atoms with Gasteiger partial charge in [0.1, 0.15) is 24.6 Å². The van der Waals surface area contributed by atoms with Crippen LogP contribution >= 0.6 is 11.6 Å². The normalized spacial score (nSPS) is 14.4. The van der Waals surface area contributed by atoms with Crippen molar-refractivity contribution in [1.29, 1.82) is 0 Å². The minimum atomic E-state index is -0.674. The number of hydrogen-bond donors (Lipinski definition) is 1. The molecular formula is C26H24ClN3O5. The van der Waals surface area contributed by atoms with Gasteiger partial charge in [-0.3, -0.25) is 9.59 Å². The van der Waals surface area contributed by atoms with E-state index in [1.165, 1.54) is 7.11 Å². The molecule has 1 N–H and O–H groups in total. The van der Waals surface area contributed by atoms with Gasteiger partial charge in [0.2, 0.25) is 0 Å². The number of nitrogens with one attached hydrogen (secondary N) is 1. The summed E-state index contributed by atoms with van der Waals surface area (Å²) in [6, 6.07) is 16.5. The molecule has 1 aromatic heterocycles. The quantitative estimate of drug-likeness (QED) is 0.299. The van der Waals surface area contributed by atoms with E-state index in [0.717, 1.165) is 33.1 Å². The molecule has 2 heterocycles. The summed E-state index contributed by atoms with van der Waals surface area (Å²) in [7, 11) is 1.20. The zero-order valence-electron chi connectivity index (χ0n) is 19.5. The maximum Gasteiger partial charge on any atom is 0.329 e. The molecule has 0 spiro atoms. The lowest BCUT2D eigenvalue weighted by atomic mass is 10.2. The number of halogens is 1. The van der Waals surface area contributed by atoms with Gasteiger partial charge in [0.15, 0.2) is 0 Å². The Morgan fingerprint density at radius 2 is 1.80 bits per heavy atom. The third-order valence-corrected chi connectivity index (χ3v) is 6.06. The van der Waals surface area contributed by atoms with Gasteiger partial charge < -0.3 is 19.4 Å². The predicted octanol–water partition coefficient (Wildman–Crippen LogP) is 4.39. The fraction of sp³-hybridized carbons (Fsp3) is 0.192. The Morgan fingerprint density at radius 3 is 2.49 bits per heavy atom. The molecule has 3 aromatic rings. The van der Waals surface area contributed by atoms with Crippen molar-refractivity contribution in [1.82, 2.24) is 14.8 Å². The molecule has 1 aliphatic heterocycles. The second-order valence-corrected chi connectivity index (χ2v) is 8.40. The number of amides is 3. The van der Waals surface area contributed by atoms with Crippen LogP contribution in [0, 0.1) is 13.8 Å². The Kier molecular flexibility index (Phi) is 6.93. The van der Waals surface area contributed by atoms with Crippen molar-refractivity contribution >= 4 is 35.6 Å². The number of aryl methyl sites for hydroxylation is 1. The summed E-state index contributed by atoms with van der Waals surface area (Å²) in [6.45, 7) is 3.80. The minimum Gasteiger partial charge on any atom is -0.489 e. The number of aromatic nitrogens is 1. The summed E-state index contributed by atoms with van der Waals surface area (Å²) < 4.78 is 12.5. The maximum absolute atomic E-state index is 12.6. The molecule has 0 unspecified atom stereocenters. The first-order valence-corrected chi connectivity index (χ1v) is 11.2. The molecule has 1 fully saturated rings. The number of urea groups is 1. The summed E-state index contributed by atoms with van der Waals surface area (Å²) in [5.41, 5.74) is 4.53. The molecule has 0 aliphatic carbocycles. The first-order valence-electron chi connectivity index (χ1n) is 10.9. The van der Waals surface area contributed by atoms with Gasteiger partial charge in [-0.05, 0) is 61.9 Å². The monoisotopic (exact) mass is 493 g/mol. The first-order chi connectivity index (χ1) is 16.8. The zero-order chi connectivity index (χ0) is 25.1. The van der Waals surface area contributed by atoms with Crippen LogP contribution < -0.4 is 10.1 Å². The van der Waals surface area contributed by atoms with Crippen molar-refractivity contribution in [3.05, 3.63) is 87.8 Å². The Hall–Kier alpha value is -4.04. The highest BCUT2D eigenvalue weighted by Gasteiger charge is 2.35. The smallest absolute Gasteiger partial charge is 0.329 e. The number of benzene rings is 2. The Labute approximate surface area is 207 Å². The number of hydrogen-bond acceptors (Lipinski definition) is 5. The van der Waals surface area contributed by atoms with Gasteiger partial charge in [-0.2, -0.15) is 0 Å². The van der Waals surface area contributed by atoms with Crippen LogP contribution in [0.15, 0.2) is 60.3 Å². The largest absolute Gasteiger partial charge is 0.489 e. The lowest BCUT2D eigenvalue weighted by molar-refractivity contribution is -0.143. The van der Waals surface area contributed by atoms with Gasteiger partial charge in [-0.15, -0.1) is 0 Å². The van der Waals surface area contributed by atoms with Gasteiger partial charge in [0.25, 0.3) is 5.91 Å². The summed E-state index contributed by atoms with van der Waals surface area (Å²) in [5.74, 6) is -0.541. The van der Waals surface area contributed by atoms with E-state index in [1.54, 1.807) is 6.08 Å². The highest BCUT2D eigenvalue weighted by atomic mass is 35.5. The van der Waals surface area contributed by atoms with Gasteiger partial charge in [0, 0.05) is 27.7 Å². The molecule has 1 saturated heterocycles. The SMILES string of the molecule is COC(=O)CN1C(=O)N/C(=C/c2cc(C)n(-c3ccc(OCc4ccccc4Cl)cc3)c2C)C1=O. The molecule has 0 atom stereocenters. The van der Waals surface area contributed by atoms with Crippen molar-refractivity contribution in [3.63, 3.8) is 0 Å². The summed E-state index contributed by atoms with van der Waals surface area (Å²) in [4.78, 5) is 37.1. The topological polar surface area (TPSA) is 89.9 Å². The summed E-state index contributed by atoms with van der Waals surface area (Å²) in [5, 5.41) is 3.18. The van der Waals surface area contributed by atoms with Crippen LogP contribution in [0.1, 0.15) is 22.5 Å². The first kappa shape index (κ1) is 24.1. The molecule has 4 rings (SSSR count). The van der Waals surface area contributed by atoms with Crippen molar-refractivity contribution in [2.24, 2.45) is 0 Å². The van der Waals surface area contributed by atoms with Crippen molar-refractivity contribution in [3.8, 4) is 11.4 Å². The van der Waals surface area contributed by atoms with E-state index < -0.39 is 24.5 Å². The van der Waals surface area contributed by atoms with Crippen LogP contribution in [0.5, 0.6) is 5.75 Å². The molecule has 0 saturated carbocycles. The van der Waals surface area contributed by atoms with Crippen LogP contribution in [0.25, 0.3) is 11.8 Å². The molecule has 35 heavy (non-hydrogen) atoms. The van der Waals surface area contributed by atoms with Gasteiger partial charge in [-0.25, -0.2) is 9.69 Å². The van der Waals surface area contributed by atoms with Gasteiger partial charge in [-0.1, -0.05) is 29.8 Å². The number of methoxy groups -OCH3 is 1. The number of carbonyl (C=O) groups is 3. The van der Waals surface area contributed by atoms with E-state index >= 15 is 0 Å². The van der Waals surface area contributed by atoms with Crippen molar-refractivity contribution in [2.75, 3.05) is 13.7 Å². The van der Waals surface area contributed by atoms with Crippen LogP contribution in [-0.2, 0) is 20.9 Å². The molecule has 9 heteroatoms. The standard InChI is InChI=1S/C26H24ClN3O5/c1-16-12-19(13-23-25(32)29(26(33)28-23)14-24(31)34-3)17(2)30(16)20-8-10-21(11-9-20)35-15-18-6-4-5-7-22(18)27/h4-13H,14-15H2,1-3H3,(H,28,33)/b23-13+. The molecule has 2 aromatic carbocycles. The number of nitrogens with zero attached hydrogens (tertiary/aromatic N) is 2. The van der Waals surface area contributed by atoms with Crippen LogP contribution in [0.4, 0.5) is 4.79 Å². The summed E-state index contributed by atoms with van der Waals surface area (Å²) in [6.07, 6.45) is 1.61. The van der Waals surface area contributed by atoms with E-state index in [1.807, 2.05) is 73.0 Å². The molecule has 0 radical (unpaired) electrons. The summed E-state index contributed by atoms with van der Waals surface area (Å²) >= 11 is 6.19. The Balaban J connectivity index is 1.52. The van der Waals surface area contributed by atoms with Gasteiger partial charge in [0.05, 0.1) is 7.11 Å². The minimum absolute atomic E-state index is 0.0995. The number of esters is 1. The highest BCUT2D eigenvalue weighted by Crippen LogP contribution is 2.26. The number of carbonyl (C=O) groups excluding carboxylic acids is 3. The predicted molar refractivity (Wildman–Crippen MR) is 131 cm³/mol. The van der Waals surface area contributed by atoms with E-state index in [-0.39, 0.29) is 5.70 Å². The lowest BCUT2D eigenvalue weighted by Crippen LogP contribution is -2.36. The average molecular weight is 494 g/mol. The third kappa shape index (κ3) is 5.07. The van der Waals surface area contributed by atoms with E-state index in [4.69, 9.17) is 16.3 Å². The highest BCUT2D eigenvalue weighted by molar-refractivity contribution is 6.31. The Bertz CT molecular complexity index is 1330. The maximum atomic E-state index is 12.6. The molecule has 8 nitrogen and oxygen atoms in total. The number of imide groups is 1. The second-order valence-electron chi connectivity index (χ2n) is 7.99. The van der Waals surface area contributed by atoms with E-state index in [0.29, 0.717) is 17.4 Å². The molecule has 180 valence electrons. The van der Waals surface area contributed by atoms with Crippen molar-refractivity contribution in [2.45, 2.75) is 20.5 Å². The molecule has 0 bridgehead atoms. The van der Waals surface area contributed by atoms with Crippen LogP contribution in [0.2, 0.25) is 5.02 Å². The van der Waals surface area contributed by atoms with E-state index in [9.17, 15) is 14.4 Å². The average Bonchev–Trinajstić information content (AvgIpc) is 3.27. The molecular weight excluding hydrogens is 470 g/mol. The van der Waals surface area contributed by atoms with E-state index in [2.05, 4.69) is 10.1 Å².